The molecule has 2 aliphatic rings. The third-order valence-corrected chi connectivity index (χ3v) is 10.3. The van der Waals surface area contributed by atoms with E-state index in [9.17, 15) is 19.2 Å². The molecule has 14 heteroatoms. The first-order chi connectivity index (χ1) is 30.7. The Morgan fingerprint density at radius 3 is 1.37 bits per heavy atom. The quantitative estimate of drug-likeness (QED) is 0.0814. The minimum atomic E-state index is -0.356. The van der Waals surface area contributed by atoms with Gasteiger partial charge in [0.1, 0.15) is 0 Å². The first-order valence-electron chi connectivity index (χ1n) is 20.9. The van der Waals surface area contributed by atoms with Gasteiger partial charge in [0, 0.05) is 84.1 Å². The molecule has 2 aromatic carbocycles. The third-order valence-electron chi connectivity index (χ3n) is 10.3. The number of amides is 3. The van der Waals surface area contributed by atoms with Crippen molar-refractivity contribution in [2.75, 3.05) is 41.3 Å². The van der Waals surface area contributed by atoms with E-state index in [-0.39, 0.29) is 34.8 Å². The van der Waals surface area contributed by atoms with E-state index in [0.717, 1.165) is 77.1 Å². The van der Waals surface area contributed by atoms with E-state index >= 15 is 0 Å². The number of aliphatic hydroxyl groups excluding tert-OH is 1. The topological polar surface area (TPSA) is 211 Å². The van der Waals surface area contributed by atoms with Crippen molar-refractivity contribution in [2.45, 2.75) is 64.2 Å². The second-order valence-corrected chi connectivity index (χ2v) is 14.3. The van der Waals surface area contributed by atoms with Gasteiger partial charge in [0.2, 0.25) is 18.2 Å². The summed E-state index contributed by atoms with van der Waals surface area (Å²) in [5, 5.41) is 20.0. The van der Waals surface area contributed by atoms with Gasteiger partial charge in [-0.25, -0.2) is 0 Å². The molecule has 2 unspecified atom stereocenters. The van der Waals surface area contributed by atoms with Gasteiger partial charge in [-0.3, -0.25) is 33.9 Å². The number of H-pyrrole nitrogens is 2. The van der Waals surface area contributed by atoms with Crippen LogP contribution in [0.5, 0.6) is 0 Å². The molecule has 6 aromatic rings. The van der Waals surface area contributed by atoms with Gasteiger partial charge >= 0.3 is 0 Å². The van der Waals surface area contributed by atoms with Crippen molar-refractivity contribution >= 4 is 40.0 Å². The van der Waals surface area contributed by atoms with Gasteiger partial charge in [-0.2, -0.15) is 0 Å². The number of rotatable bonds is 7. The van der Waals surface area contributed by atoms with Crippen LogP contribution in [0.3, 0.4) is 0 Å². The molecule has 2 fully saturated rings. The van der Waals surface area contributed by atoms with Gasteiger partial charge in [-0.15, -0.1) is 12.8 Å². The average Bonchev–Trinajstić information content (AvgIpc) is 3.33. The fourth-order valence-electron chi connectivity index (χ4n) is 7.41. The SMILES string of the molecule is C#C.CCc1cc(-c2ccc(C3CCCNC3=O)c(=O)[nH]2)cc2ncccc12.CCc1cc(-c2ccc(C3CCCNC3=O)c(=O)[nH]2)cc2ncccc12.CNC.CNC=O.CO. The molecule has 6 heterocycles. The summed E-state index contributed by atoms with van der Waals surface area (Å²) >= 11 is 0. The van der Waals surface area contributed by atoms with Crippen LogP contribution in [0.4, 0.5) is 0 Å². The lowest BCUT2D eigenvalue weighted by molar-refractivity contribution is -0.124. The Hall–Kier alpha value is -6.95. The summed E-state index contributed by atoms with van der Waals surface area (Å²) in [5.41, 5.74) is 8.29. The van der Waals surface area contributed by atoms with E-state index in [1.165, 1.54) is 11.1 Å². The normalized spacial score (nSPS) is 15.0. The van der Waals surface area contributed by atoms with Crippen molar-refractivity contribution in [1.82, 2.24) is 41.2 Å². The molecule has 4 aromatic heterocycles. The van der Waals surface area contributed by atoms with Crippen molar-refractivity contribution in [2.24, 2.45) is 0 Å². The van der Waals surface area contributed by atoms with E-state index in [4.69, 9.17) is 9.90 Å². The number of hydrogen-bond donors (Lipinski definition) is 7. The summed E-state index contributed by atoms with van der Waals surface area (Å²) in [6, 6.07) is 23.6. The number of aliphatic hydroxyl groups is 1. The maximum atomic E-state index is 12.6. The van der Waals surface area contributed by atoms with Gasteiger partial charge < -0.3 is 36.3 Å². The zero-order chi connectivity index (χ0) is 46.3. The Morgan fingerprint density at radius 1 is 0.667 bits per heavy atom. The molecule has 2 saturated heterocycles. The highest BCUT2D eigenvalue weighted by Crippen LogP contribution is 2.29. The van der Waals surface area contributed by atoms with Crippen molar-refractivity contribution in [3.63, 3.8) is 0 Å². The highest BCUT2D eigenvalue weighted by molar-refractivity contribution is 5.89. The van der Waals surface area contributed by atoms with Crippen LogP contribution < -0.4 is 32.4 Å². The maximum absolute atomic E-state index is 12.6. The van der Waals surface area contributed by atoms with Gasteiger partial charge in [0.05, 0.1) is 22.9 Å². The summed E-state index contributed by atoms with van der Waals surface area (Å²) in [6.45, 7) is 5.60. The Labute approximate surface area is 368 Å². The molecule has 7 N–H and O–H groups in total. The molecule has 3 amide bonds. The van der Waals surface area contributed by atoms with Crippen LogP contribution in [0.15, 0.2) is 94.8 Å². The van der Waals surface area contributed by atoms with E-state index in [1.807, 2.05) is 50.5 Å². The fraction of sp³-hybridized carbons (Fsp3) is 0.327. The van der Waals surface area contributed by atoms with Crippen LogP contribution in [-0.4, -0.2) is 84.6 Å². The van der Waals surface area contributed by atoms with Crippen LogP contribution in [0.1, 0.15) is 73.6 Å². The fourth-order valence-corrected chi connectivity index (χ4v) is 7.41. The number of nitrogens with one attached hydrogen (secondary N) is 6. The number of aryl methyl sites for hydroxylation is 2. The van der Waals surface area contributed by atoms with Crippen molar-refractivity contribution < 1.29 is 19.5 Å². The van der Waals surface area contributed by atoms with E-state index in [2.05, 4.69) is 92.2 Å². The molecule has 0 radical (unpaired) electrons. The lowest BCUT2D eigenvalue weighted by Gasteiger charge is -2.21. The molecule has 2 atom stereocenters. The van der Waals surface area contributed by atoms with Crippen LogP contribution >= 0.6 is 0 Å². The second kappa shape index (κ2) is 26.4. The smallest absolute Gasteiger partial charge is 0.252 e. The number of terminal acetylenes is 1. The predicted molar refractivity (Wildman–Crippen MR) is 252 cm³/mol. The first-order valence-corrected chi connectivity index (χ1v) is 20.9. The molecule has 63 heavy (non-hydrogen) atoms. The van der Waals surface area contributed by atoms with E-state index in [0.29, 0.717) is 43.5 Å². The molecule has 2 aliphatic heterocycles. The minimum Gasteiger partial charge on any atom is -0.400 e. The number of piperidine rings is 2. The molecule has 14 nitrogen and oxygen atoms in total. The van der Waals surface area contributed by atoms with Crippen LogP contribution in [-0.2, 0) is 27.2 Å². The summed E-state index contributed by atoms with van der Waals surface area (Å²) < 4.78 is 0. The Morgan fingerprint density at radius 2 is 1.05 bits per heavy atom. The molecular weight excluding hydrogens is 797 g/mol. The van der Waals surface area contributed by atoms with Crippen molar-refractivity contribution in [3.8, 4) is 35.4 Å². The number of carbonyl (C=O) groups excluding carboxylic acids is 3. The van der Waals surface area contributed by atoms with Crippen LogP contribution in [0, 0.1) is 12.8 Å². The van der Waals surface area contributed by atoms with Gasteiger partial charge in [0.15, 0.2) is 0 Å². The number of nitrogens with zero attached hydrogens (tertiary/aromatic N) is 2. The molecule has 332 valence electrons. The summed E-state index contributed by atoms with van der Waals surface area (Å²) in [7, 11) is 6.31. The van der Waals surface area contributed by atoms with Gasteiger partial charge in [-0.05, 0) is 112 Å². The van der Waals surface area contributed by atoms with E-state index in [1.54, 1.807) is 31.6 Å². The molecule has 0 saturated carbocycles. The van der Waals surface area contributed by atoms with Crippen LogP contribution in [0.2, 0.25) is 0 Å². The van der Waals surface area contributed by atoms with Gasteiger partial charge in [-0.1, -0.05) is 38.1 Å². The monoisotopic (exact) mass is 856 g/mol. The summed E-state index contributed by atoms with van der Waals surface area (Å²) in [4.78, 5) is 73.3. The van der Waals surface area contributed by atoms with Crippen LogP contribution in [0.25, 0.3) is 44.3 Å². The number of aromatic amines is 2. The lowest BCUT2D eigenvalue weighted by Crippen LogP contribution is -2.37. The number of benzene rings is 2. The molecule has 0 spiro atoms. The average molecular weight is 857 g/mol. The number of carbonyl (C=O) groups is 3. The molecule has 0 aliphatic carbocycles. The predicted octanol–water partition coefficient (Wildman–Crippen LogP) is 5.35. The zero-order valence-corrected chi connectivity index (χ0v) is 37.0. The van der Waals surface area contributed by atoms with E-state index < -0.39 is 0 Å². The second-order valence-electron chi connectivity index (χ2n) is 14.3. The maximum Gasteiger partial charge on any atom is 0.252 e. The Kier molecular flexibility index (Phi) is 21.1. The molecule has 0 bridgehead atoms. The lowest BCUT2D eigenvalue weighted by atomic mass is 9.91. The number of aromatic nitrogens is 4. The number of hydrogen-bond acceptors (Lipinski definition) is 9. The Balaban J connectivity index is 0.000000274. The van der Waals surface area contributed by atoms with Crippen molar-refractivity contribution in [3.05, 3.63) is 128 Å². The summed E-state index contributed by atoms with van der Waals surface area (Å²) in [5.74, 6) is -0.826. The minimum absolute atomic E-state index is 0.0577. The van der Waals surface area contributed by atoms with Crippen molar-refractivity contribution in [1.29, 1.82) is 0 Å². The zero-order valence-electron chi connectivity index (χ0n) is 37.0. The largest absolute Gasteiger partial charge is 0.400 e. The number of pyridine rings is 4. The molecule has 8 rings (SSSR count). The highest BCUT2D eigenvalue weighted by Gasteiger charge is 2.27. The first kappa shape index (κ1) is 50.4. The Bertz CT molecular complexity index is 2400. The highest BCUT2D eigenvalue weighted by atomic mass is 16.2. The summed E-state index contributed by atoms with van der Waals surface area (Å²) in [6.07, 6.45) is 17.2. The molecular formula is C49H60N8O6. The van der Waals surface area contributed by atoms with Gasteiger partial charge in [0.25, 0.3) is 11.1 Å². The third kappa shape index (κ3) is 13.3. The standard InChI is InChI=1S/2C21H21N3O2.C2H5NO.C2H7N.C2H2.CH4O/c2*1-2-13-11-14(12-19-15(13)5-3-9-22-19)18-8-7-17(21(26)24-18)16-6-4-10-23-20(16)25;1-3-2-4;1-3-2;2*1-2/h2*3,5,7-9,11-12,16H,2,4,6,10H2,1H3,(H,23,25)(H,24,26);2H,1H3,(H,3,4);3H,1-2H3;1-2H;2H,1H3. The number of fused-ring (bicyclic) bond motifs is 2.